The molecule has 0 saturated heterocycles. The summed E-state index contributed by atoms with van der Waals surface area (Å²) in [6, 6.07) is 5.72. The maximum Gasteiger partial charge on any atom is 0.191 e. The van der Waals surface area contributed by atoms with Crippen molar-refractivity contribution in [2.45, 2.75) is 77.3 Å². The molecule has 4 nitrogen and oxygen atoms in total. The van der Waals surface area contributed by atoms with Crippen LogP contribution in [0.4, 0.5) is 0 Å². The highest BCUT2D eigenvalue weighted by molar-refractivity contribution is 9.10. The third kappa shape index (κ3) is 7.42. The topological polar surface area (TPSA) is 57.5 Å². The van der Waals surface area contributed by atoms with Crippen LogP contribution in [-0.2, 0) is 15.8 Å². The number of rotatable bonds is 7. The third-order valence-electron chi connectivity index (χ3n) is 4.55. The van der Waals surface area contributed by atoms with Gasteiger partial charge in [-0.15, -0.1) is 0 Å². The highest BCUT2D eigenvalue weighted by Gasteiger charge is 2.36. The molecular formula is C19H33BrN2O2SSi. The van der Waals surface area contributed by atoms with E-state index in [1.807, 2.05) is 39.0 Å². The van der Waals surface area contributed by atoms with E-state index in [0.29, 0.717) is 13.0 Å². The molecule has 0 aliphatic rings. The molecule has 1 aromatic heterocycles. The van der Waals surface area contributed by atoms with Crippen LogP contribution in [0.5, 0.6) is 0 Å². The van der Waals surface area contributed by atoms with Crippen LogP contribution in [-0.4, -0.2) is 34.9 Å². The largest absolute Gasteiger partial charge is 0.591 e. The Hall–Kier alpha value is -0.213. The van der Waals surface area contributed by atoms with Crippen molar-refractivity contribution in [1.29, 1.82) is 0 Å². The van der Waals surface area contributed by atoms with Gasteiger partial charge in [0.2, 0.25) is 0 Å². The van der Waals surface area contributed by atoms with Gasteiger partial charge in [-0.2, -0.15) is 0 Å². The Bertz CT molecular complexity index is 625. The van der Waals surface area contributed by atoms with Gasteiger partial charge in [0.1, 0.15) is 26.4 Å². The van der Waals surface area contributed by atoms with Gasteiger partial charge in [-0.1, -0.05) is 31.2 Å². The van der Waals surface area contributed by atoms with Crippen molar-refractivity contribution in [3.8, 4) is 0 Å². The van der Waals surface area contributed by atoms with E-state index in [2.05, 4.69) is 59.2 Å². The summed E-state index contributed by atoms with van der Waals surface area (Å²) in [6.07, 6.45) is 1.53. The molecule has 0 fully saturated rings. The van der Waals surface area contributed by atoms with Gasteiger partial charge in [-0.25, -0.2) is 4.98 Å². The van der Waals surface area contributed by atoms with Gasteiger partial charge in [-0.3, -0.25) is 0 Å². The molecule has 0 N–H and O–H groups in total. The first-order chi connectivity index (χ1) is 11.7. The van der Waals surface area contributed by atoms with Crippen molar-refractivity contribution in [2.24, 2.45) is 4.40 Å². The van der Waals surface area contributed by atoms with E-state index >= 15 is 0 Å². The van der Waals surface area contributed by atoms with Gasteiger partial charge in [0, 0.05) is 6.61 Å². The summed E-state index contributed by atoms with van der Waals surface area (Å²) in [6.45, 7) is 17.7. The van der Waals surface area contributed by atoms with E-state index in [9.17, 15) is 4.55 Å². The zero-order valence-electron chi connectivity index (χ0n) is 17.4. The molecule has 1 aromatic rings. The average molecular weight is 462 g/mol. The van der Waals surface area contributed by atoms with Crippen LogP contribution in [0, 0.1) is 0 Å². The molecule has 0 saturated carbocycles. The maximum atomic E-state index is 12.5. The highest BCUT2D eigenvalue weighted by Crippen LogP contribution is 2.36. The first-order valence-electron chi connectivity index (χ1n) is 9.00. The number of halogens is 1. The molecule has 1 rings (SSSR count). The number of hydrogen-bond donors (Lipinski definition) is 0. The quantitative estimate of drug-likeness (QED) is 0.167. The molecule has 7 heteroatoms. The van der Waals surface area contributed by atoms with E-state index in [0.717, 1.165) is 22.4 Å². The van der Waals surface area contributed by atoms with Gasteiger partial charge >= 0.3 is 0 Å². The van der Waals surface area contributed by atoms with Crippen LogP contribution in [0.3, 0.4) is 0 Å². The number of nitrogens with zero attached hydrogens (tertiary/aromatic N) is 2. The summed E-state index contributed by atoms with van der Waals surface area (Å²) in [5.41, 5.74) is 1.54. The van der Waals surface area contributed by atoms with Crippen molar-refractivity contribution in [2.75, 3.05) is 6.61 Å². The predicted molar refractivity (Wildman–Crippen MR) is 119 cm³/mol. The average Bonchev–Trinajstić information content (AvgIpc) is 2.48. The molecule has 0 amide bonds. The first-order valence-corrected chi connectivity index (χ1v) is 13.8. The standard InChI is InChI=1S/C19H33BrN2O2SSi/c1-18(2,3)25(23)22-16(15-11-9-13-17(20)21-15)12-10-14-24-26(7,8)19(4,5)6/h9,11,13H,10,12,14H2,1-8H3/t25-/m1/s1. The monoisotopic (exact) mass is 460 g/mol. The lowest BCUT2D eigenvalue weighted by Crippen LogP contribution is -2.41. The fraction of sp³-hybridized carbons (Fsp3) is 0.684. The molecule has 148 valence electrons. The first kappa shape index (κ1) is 23.8. The summed E-state index contributed by atoms with van der Waals surface area (Å²) in [4.78, 5) is 4.49. The Morgan fingerprint density at radius 2 is 1.85 bits per heavy atom. The molecule has 0 aromatic carbocycles. The fourth-order valence-electron chi connectivity index (χ4n) is 1.81. The van der Waals surface area contributed by atoms with Gasteiger partial charge in [0.05, 0.1) is 5.69 Å². The molecule has 0 spiro atoms. The molecule has 0 unspecified atom stereocenters. The van der Waals surface area contributed by atoms with Crippen LogP contribution < -0.4 is 0 Å². The van der Waals surface area contributed by atoms with E-state index in [1.165, 1.54) is 0 Å². The van der Waals surface area contributed by atoms with Crippen LogP contribution in [0.1, 0.15) is 60.1 Å². The Morgan fingerprint density at radius 3 is 2.35 bits per heavy atom. The normalized spacial score (nSPS) is 15.2. The van der Waals surface area contributed by atoms with E-state index in [1.54, 1.807) is 0 Å². The second-order valence-corrected chi connectivity index (χ2v) is 16.5. The molecule has 0 aliphatic heterocycles. The molecular weight excluding hydrogens is 428 g/mol. The van der Waals surface area contributed by atoms with E-state index in [4.69, 9.17) is 4.43 Å². The summed E-state index contributed by atoms with van der Waals surface area (Å²) < 4.78 is 23.6. The lowest BCUT2D eigenvalue weighted by molar-refractivity contribution is 0.285. The number of aromatic nitrogens is 1. The molecule has 0 aliphatic carbocycles. The van der Waals surface area contributed by atoms with Crippen LogP contribution in [0.25, 0.3) is 0 Å². The van der Waals surface area contributed by atoms with E-state index < -0.39 is 24.4 Å². The summed E-state index contributed by atoms with van der Waals surface area (Å²) >= 11 is 2.09. The summed E-state index contributed by atoms with van der Waals surface area (Å²) in [5, 5.41) is 0.198. The second kappa shape index (κ2) is 9.32. The van der Waals surface area contributed by atoms with E-state index in [-0.39, 0.29) is 5.04 Å². The lowest BCUT2D eigenvalue weighted by atomic mass is 10.1. The van der Waals surface area contributed by atoms with Crippen LogP contribution >= 0.6 is 15.9 Å². The lowest BCUT2D eigenvalue weighted by Gasteiger charge is -2.36. The summed E-state index contributed by atoms with van der Waals surface area (Å²) in [5.74, 6) is 0. The minimum absolute atomic E-state index is 0.198. The molecule has 1 heterocycles. The Morgan fingerprint density at radius 1 is 1.23 bits per heavy atom. The number of pyridine rings is 1. The Balaban J connectivity index is 2.86. The minimum Gasteiger partial charge on any atom is -0.591 e. The van der Waals surface area contributed by atoms with Gasteiger partial charge in [-0.05, 0) is 79.8 Å². The van der Waals surface area contributed by atoms with Gasteiger partial charge in [0.15, 0.2) is 8.32 Å². The minimum atomic E-state index is -1.75. The summed E-state index contributed by atoms with van der Waals surface area (Å²) in [7, 11) is -1.75. The van der Waals surface area contributed by atoms with Gasteiger partial charge in [0.25, 0.3) is 0 Å². The fourth-order valence-corrected chi connectivity index (χ4v) is 3.90. The van der Waals surface area contributed by atoms with Crippen molar-refractivity contribution in [3.05, 3.63) is 28.5 Å². The Labute approximate surface area is 171 Å². The smallest absolute Gasteiger partial charge is 0.191 e. The third-order valence-corrected chi connectivity index (χ3v) is 11.0. The van der Waals surface area contributed by atoms with Crippen molar-refractivity contribution in [3.63, 3.8) is 0 Å². The second-order valence-electron chi connectivity index (χ2n) is 8.96. The van der Waals surface area contributed by atoms with Crippen LogP contribution in [0.15, 0.2) is 27.2 Å². The van der Waals surface area contributed by atoms with Gasteiger partial charge < -0.3 is 8.98 Å². The zero-order valence-corrected chi connectivity index (χ0v) is 20.8. The van der Waals surface area contributed by atoms with Crippen LogP contribution in [0.2, 0.25) is 18.1 Å². The Kier molecular flexibility index (Phi) is 8.54. The predicted octanol–water partition coefficient (Wildman–Crippen LogP) is 5.90. The van der Waals surface area contributed by atoms with Crippen molar-refractivity contribution in [1.82, 2.24) is 4.98 Å². The zero-order chi connectivity index (χ0) is 20.2. The van der Waals surface area contributed by atoms with Crippen molar-refractivity contribution >= 4 is 41.3 Å². The van der Waals surface area contributed by atoms with Crippen molar-refractivity contribution < 1.29 is 8.98 Å². The SMILES string of the molecule is CC(C)(C)[S@@+]([O-])N=C(CCCO[Si](C)(C)C(C)(C)C)c1cccc(Br)n1. The molecule has 0 bridgehead atoms. The molecule has 1 atom stereocenters. The number of hydrogen-bond acceptors (Lipinski definition) is 4. The molecule has 0 radical (unpaired) electrons. The molecule has 26 heavy (non-hydrogen) atoms. The highest BCUT2D eigenvalue weighted by atomic mass is 79.9. The maximum absolute atomic E-state index is 12.5.